The SMILES string of the molecule is O=C(Nc1ccc(N2CCOC2=O)cc1)c1ccc(F)c(F)c1F. The number of carbonyl (C=O) groups is 2. The van der Waals surface area contributed by atoms with Crippen LogP contribution in [0.4, 0.5) is 29.3 Å². The van der Waals surface area contributed by atoms with Crippen LogP contribution in [0.25, 0.3) is 0 Å². The van der Waals surface area contributed by atoms with Crippen LogP contribution in [0.2, 0.25) is 0 Å². The lowest BCUT2D eigenvalue weighted by Gasteiger charge is -2.13. The molecule has 0 saturated carbocycles. The van der Waals surface area contributed by atoms with Crippen molar-refractivity contribution in [1.29, 1.82) is 0 Å². The van der Waals surface area contributed by atoms with Crippen LogP contribution in [0.15, 0.2) is 36.4 Å². The summed E-state index contributed by atoms with van der Waals surface area (Å²) in [6.07, 6.45) is -0.462. The molecule has 0 unspecified atom stereocenters. The fourth-order valence-electron chi connectivity index (χ4n) is 2.25. The van der Waals surface area contributed by atoms with Gasteiger partial charge in [-0.25, -0.2) is 18.0 Å². The fourth-order valence-corrected chi connectivity index (χ4v) is 2.25. The molecule has 2 aromatic rings. The van der Waals surface area contributed by atoms with Crippen molar-refractivity contribution < 1.29 is 27.5 Å². The second-order valence-corrected chi connectivity index (χ2v) is 4.99. The molecule has 2 aromatic carbocycles. The van der Waals surface area contributed by atoms with Crippen molar-refractivity contribution in [3.05, 3.63) is 59.4 Å². The van der Waals surface area contributed by atoms with Gasteiger partial charge in [-0.3, -0.25) is 9.69 Å². The molecule has 24 heavy (non-hydrogen) atoms. The summed E-state index contributed by atoms with van der Waals surface area (Å²) in [5.74, 6) is -5.54. The van der Waals surface area contributed by atoms with E-state index >= 15 is 0 Å². The molecule has 0 radical (unpaired) electrons. The molecular weight excluding hydrogens is 325 g/mol. The van der Waals surface area contributed by atoms with Crippen molar-refractivity contribution in [2.75, 3.05) is 23.4 Å². The largest absolute Gasteiger partial charge is 0.447 e. The highest BCUT2D eigenvalue weighted by Gasteiger charge is 2.23. The summed E-state index contributed by atoms with van der Waals surface area (Å²) in [5, 5.41) is 2.37. The molecule has 124 valence electrons. The first-order valence-corrected chi connectivity index (χ1v) is 6.96. The molecule has 1 aliphatic rings. The number of carbonyl (C=O) groups excluding carboxylic acids is 2. The number of nitrogens with zero attached hydrogens (tertiary/aromatic N) is 1. The van der Waals surface area contributed by atoms with Gasteiger partial charge in [0.2, 0.25) is 0 Å². The average molecular weight is 336 g/mol. The van der Waals surface area contributed by atoms with E-state index in [9.17, 15) is 22.8 Å². The van der Waals surface area contributed by atoms with Gasteiger partial charge in [-0.1, -0.05) is 0 Å². The number of nitrogens with one attached hydrogen (secondary N) is 1. The predicted octanol–water partition coefficient (Wildman–Crippen LogP) is 3.31. The Morgan fingerprint density at radius 3 is 2.38 bits per heavy atom. The highest BCUT2D eigenvalue weighted by Crippen LogP contribution is 2.22. The quantitative estimate of drug-likeness (QED) is 0.875. The third-order valence-electron chi connectivity index (χ3n) is 3.48. The van der Waals surface area contributed by atoms with Gasteiger partial charge in [0.15, 0.2) is 17.5 Å². The van der Waals surface area contributed by atoms with Gasteiger partial charge in [0.1, 0.15) is 6.61 Å². The molecule has 8 heteroatoms. The maximum Gasteiger partial charge on any atom is 0.414 e. The Balaban J connectivity index is 1.75. The first kappa shape index (κ1) is 15.9. The van der Waals surface area contributed by atoms with Crippen molar-refractivity contribution >= 4 is 23.4 Å². The molecule has 3 rings (SSSR count). The third-order valence-corrected chi connectivity index (χ3v) is 3.48. The van der Waals surface area contributed by atoms with Crippen LogP contribution >= 0.6 is 0 Å². The van der Waals surface area contributed by atoms with Crippen molar-refractivity contribution in [3.63, 3.8) is 0 Å². The maximum absolute atomic E-state index is 13.6. The molecule has 1 saturated heterocycles. The highest BCUT2D eigenvalue weighted by molar-refractivity contribution is 6.04. The molecule has 2 amide bonds. The number of rotatable bonds is 3. The second kappa shape index (κ2) is 6.23. The minimum Gasteiger partial charge on any atom is -0.447 e. The summed E-state index contributed by atoms with van der Waals surface area (Å²) in [6, 6.07) is 7.67. The van der Waals surface area contributed by atoms with E-state index in [0.717, 1.165) is 6.07 Å². The van der Waals surface area contributed by atoms with Crippen molar-refractivity contribution in [2.24, 2.45) is 0 Å². The van der Waals surface area contributed by atoms with E-state index < -0.39 is 35.0 Å². The fraction of sp³-hybridized carbons (Fsp3) is 0.125. The summed E-state index contributed by atoms with van der Waals surface area (Å²) in [5.41, 5.74) is 0.274. The van der Waals surface area contributed by atoms with Crippen LogP contribution in [-0.2, 0) is 4.74 Å². The van der Waals surface area contributed by atoms with E-state index in [1.54, 1.807) is 12.1 Å². The van der Waals surface area contributed by atoms with Gasteiger partial charge in [0.25, 0.3) is 5.91 Å². The lowest BCUT2D eigenvalue weighted by molar-refractivity contribution is 0.102. The second-order valence-electron chi connectivity index (χ2n) is 4.99. The molecule has 1 aliphatic heterocycles. The zero-order chi connectivity index (χ0) is 17.3. The summed E-state index contributed by atoms with van der Waals surface area (Å²) in [4.78, 5) is 24.8. The average Bonchev–Trinajstić information content (AvgIpc) is 2.99. The predicted molar refractivity (Wildman–Crippen MR) is 79.4 cm³/mol. The van der Waals surface area contributed by atoms with Crippen molar-refractivity contribution in [1.82, 2.24) is 0 Å². The molecule has 0 aliphatic carbocycles. The normalized spacial score (nSPS) is 13.8. The molecular formula is C16H11F3N2O3. The van der Waals surface area contributed by atoms with Gasteiger partial charge >= 0.3 is 6.09 Å². The van der Waals surface area contributed by atoms with Gasteiger partial charge in [0.05, 0.1) is 12.1 Å². The van der Waals surface area contributed by atoms with Gasteiger partial charge in [-0.15, -0.1) is 0 Å². The highest BCUT2D eigenvalue weighted by atomic mass is 19.2. The van der Waals surface area contributed by atoms with Gasteiger partial charge < -0.3 is 10.1 Å². The Kier molecular flexibility index (Phi) is 4.11. The van der Waals surface area contributed by atoms with E-state index in [2.05, 4.69) is 5.32 Å². The minimum atomic E-state index is -1.70. The van der Waals surface area contributed by atoms with Crippen LogP contribution in [-0.4, -0.2) is 25.2 Å². The van der Waals surface area contributed by atoms with E-state index in [0.29, 0.717) is 30.6 Å². The smallest absolute Gasteiger partial charge is 0.414 e. The summed E-state index contributed by atoms with van der Waals surface area (Å²) in [7, 11) is 0. The van der Waals surface area contributed by atoms with E-state index in [-0.39, 0.29) is 0 Å². The summed E-state index contributed by atoms with van der Waals surface area (Å²) in [6.45, 7) is 0.720. The van der Waals surface area contributed by atoms with E-state index in [4.69, 9.17) is 4.74 Å². The zero-order valence-corrected chi connectivity index (χ0v) is 12.2. The summed E-state index contributed by atoms with van der Waals surface area (Å²) < 4.78 is 44.5. The number of anilines is 2. The van der Waals surface area contributed by atoms with Crippen molar-refractivity contribution in [2.45, 2.75) is 0 Å². The monoisotopic (exact) mass is 336 g/mol. The number of cyclic esters (lactones) is 1. The molecule has 1 fully saturated rings. The number of ether oxygens (including phenoxy) is 1. The molecule has 5 nitrogen and oxygen atoms in total. The molecule has 1 heterocycles. The van der Waals surface area contributed by atoms with Crippen LogP contribution in [0.3, 0.4) is 0 Å². The van der Waals surface area contributed by atoms with Crippen LogP contribution < -0.4 is 10.2 Å². The van der Waals surface area contributed by atoms with Gasteiger partial charge in [-0.05, 0) is 36.4 Å². The number of hydrogen-bond acceptors (Lipinski definition) is 3. The van der Waals surface area contributed by atoms with Gasteiger partial charge in [0, 0.05) is 11.4 Å². The summed E-state index contributed by atoms with van der Waals surface area (Å²) >= 11 is 0. The molecule has 0 aromatic heterocycles. The van der Waals surface area contributed by atoms with Crippen molar-refractivity contribution in [3.8, 4) is 0 Å². The molecule has 1 N–H and O–H groups in total. The zero-order valence-electron chi connectivity index (χ0n) is 12.2. The Morgan fingerprint density at radius 1 is 1.04 bits per heavy atom. The topological polar surface area (TPSA) is 58.6 Å². The first-order chi connectivity index (χ1) is 11.5. The Hall–Kier alpha value is -3.03. The number of halogens is 3. The number of hydrogen-bond donors (Lipinski definition) is 1. The number of benzene rings is 2. The first-order valence-electron chi connectivity index (χ1n) is 6.96. The van der Waals surface area contributed by atoms with Crippen LogP contribution in [0, 0.1) is 17.5 Å². The Bertz CT molecular complexity index is 809. The third kappa shape index (κ3) is 2.90. The van der Waals surface area contributed by atoms with Crippen LogP contribution in [0.5, 0.6) is 0 Å². The van der Waals surface area contributed by atoms with E-state index in [1.165, 1.54) is 17.0 Å². The molecule has 0 bridgehead atoms. The number of amides is 2. The Labute approximate surface area is 134 Å². The maximum atomic E-state index is 13.6. The lowest BCUT2D eigenvalue weighted by atomic mass is 10.1. The molecule has 0 spiro atoms. The van der Waals surface area contributed by atoms with Gasteiger partial charge in [-0.2, -0.15) is 0 Å². The lowest BCUT2D eigenvalue weighted by Crippen LogP contribution is -2.23. The Morgan fingerprint density at radius 2 is 1.75 bits per heavy atom. The molecule has 0 atom stereocenters. The van der Waals surface area contributed by atoms with Crippen LogP contribution in [0.1, 0.15) is 10.4 Å². The minimum absolute atomic E-state index is 0.298. The van der Waals surface area contributed by atoms with E-state index in [1.807, 2.05) is 0 Å². The standard InChI is InChI=1S/C16H11F3N2O3/c17-12-6-5-11(13(18)14(12)19)15(22)20-9-1-3-10(4-2-9)21-7-8-24-16(21)23/h1-6H,7-8H2,(H,20,22).